The maximum atomic E-state index is 11.1. The Morgan fingerprint density at radius 1 is 1.54 bits per heavy atom. The number of aromatic amines is 1. The van der Waals surface area contributed by atoms with Crippen molar-refractivity contribution in [1.29, 1.82) is 0 Å². The first-order chi connectivity index (χ1) is 6.07. The van der Waals surface area contributed by atoms with E-state index in [4.69, 9.17) is 5.73 Å². The monoisotopic (exact) mass is 186 g/mol. The topological polar surface area (TPSA) is 102 Å². The van der Waals surface area contributed by atoms with E-state index in [1.54, 1.807) is 0 Å². The highest BCUT2D eigenvalue weighted by atomic mass is 16.6. The van der Waals surface area contributed by atoms with Crippen molar-refractivity contribution in [2.24, 2.45) is 7.05 Å². The minimum absolute atomic E-state index is 0.0181. The van der Waals surface area contributed by atoms with E-state index in [-0.39, 0.29) is 11.5 Å². The molecule has 1 rings (SSSR count). The summed E-state index contributed by atoms with van der Waals surface area (Å²) < 4.78 is 1.10. The van der Waals surface area contributed by atoms with Crippen LogP contribution in [0.15, 0.2) is 9.59 Å². The predicted molar refractivity (Wildman–Crippen MR) is 47.3 cm³/mol. The molecule has 0 aromatic carbocycles. The van der Waals surface area contributed by atoms with Gasteiger partial charge in [0.15, 0.2) is 5.69 Å². The van der Waals surface area contributed by atoms with Crippen molar-refractivity contribution in [3.63, 3.8) is 0 Å². The second kappa shape index (κ2) is 3.31. The predicted octanol–water partition coefficient (Wildman–Crippen LogP) is -1.37. The number of nitrogens with zero attached hydrogens (tertiary/aromatic N) is 1. The Kier molecular flexibility index (Phi) is 2.38. The van der Waals surface area contributed by atoms with Gasteiger partial charge in [-0.25, -0.2) is 4.79 Å². The van der Waals surface area contributed by atoms with Crippen LogP contribution in [0.5, 0.6) is 0 Å². The number of H-pyrrole nitrogens is 1. The molecule has 0 spiro atoms. The summed E-state index contributed by atoms with van der Waals surface area (Å²) in [5.41, 5.74) is 6.60. The molecule has 0 unspecified atom stereocenters. The van der Waals surface area contributed by atoms with Crippen LogP contribution in [-0.4, -0.2) is 16.7 Å². The summed E-state index contributed by atoms with van der Waals surface area (Å²) in [6.45, 7) is 0. The molecule has 7 heteroatoms. The van der Waals surface area contributed by atoms with Gasteiger partial charge in [0.1, 0.15) is 5.82 Å². The Labute approximate surface area is 73.1 Å². The quantitative estimate of drug-likeness (QED) is 0.494. The normalized spacial score (nSPS) is 10.0. The van der Waals surface area contributed by atoms with Gasteiger partial charge in [-0.2, -0.15) is 0 Å². The maximum absolute atomic E-state index is 11.1. The van der Waals surface area contributed by atoms with E-state index in [0.717, 1.165) is 4.57 Å². The van der Waals surface area contributed by atoms with Crippen molar-refractivity contribution in [2.45, 2.75) is 0 Å². The molecule has 0 atom stereocenters. The van der Waals surface area contributed by atoms with Crippen molar-refractivity contribution in [3.05, 3.63) is 20.8 Å². The van der Waals surface area contributed by atoms with Gasteiger partial charge in [-0.15, -0.1) is 0 Å². The van der Waals surface area contributed by atoms with Crippen LogP contribution < -0.4 is 22.5 Å². The summed E-state index contributed by atoms with van der Waals surface area (Å²) in [5, 5.41) is 0. The lowest BCUT2D eigenvalue weighted by Crippen LogP contribution is -2.32. The molecule has 0 saturated heterocycles. The molecule has 0 amide bonds. The molecule has 13 heavy (non-hydrogen) atoms. The fourth-order valence-corrected chi connectivity index (χ4v) is 0.838. The van der Waals surface area contributed by atoms with Gasteiger partial charge in [0.25, 0.3) is 5.56 Å². The molecule has 7 nitrogen and oxygen atoms in total. The van der Waals surface area contributed by atoms with E-state index < -0.39 is 11.2 Å². The second-order valence-corrected chi connectivity index (χ2v) is 2.38. The molecule has 0 fully saturated rings. The fourth-order valence-electron chi connectivity index (χ4n) is 0.838. The van der Waals surface area contributed by atoms with E-state index in [0.29, 0.717) is 0 Å². The standard InChI is InChI=1S/C6H10N4O3/c1-10-4(7)3(9-13-2)5(11)8-6(10)12/h9H,7H2,1-2H3,(H,8,11,12). The zero-order chi connectivity index (χ0) is 10.0. The highest BCUT2D eigenvalue weighted by Crippen LogP contribution is 2.06. The van der Waals surface area contributed by atoms with Crippen LogP contribution in [0, 0.1) is 0 Å². The van der Waals surface area contributed by atoms with E-state index >= 15 is 0 Å². The van der Waals surface area contributed by atoms with Crippen molar-refractivity contribution < 1.29 is 4.84 Å². The van der Waals surface area contributed by atoms with Crippen LogP contribution in [0.1, 0.15) is 0 Å². The van der Waals surface area contributed by atoms with Gasteiger partial charge in [0, 0.05) is 7.05 Å². The Balaban J connectivity index is 3.44. The average Bonchev–Trinajstić information content (AvgIpc) is 2.09. The Morgan fingerprint density at radius 3 is 2.69 bits per heavy atom. The lowest BCUT2D eigenvalue weighted by atomic mass is 10.5. The fraction of sp³-hybridized carbons (Fsp3) is 0.333. The summed E-state index contributed by atoms with van der Waals surface area (Å²) in [6.07, 6.45) is 0. The number of hydrogen-bond donors (Lipinski definition) is 3. The van der Waals surface area contributed by atoms with E-state index in [9.17, 15) is 9.59 Å². The molecule has 1 heterocycles. The van der Waals surface area contributed by atoms with Crippen LogP contribution in [0.25, 0.3) is 0 Å². The summed E-state index contributed by atoms with van der Waals surface area (Å²) >= 11 is 0. The largest absolute Gasteiger partial charge is 0.383 e. The molecule has 1 aromatic rings. The zero-order valence-corrected chi connectivity index (χ0v) is 7.25. The highest BCUT2D eigenvalue weighted by Gasteiger charge is 2.08. The van der Waals surface area contributed by atoms with Gasteiger partial charge in [-0.3, -0.25) is 24.7 Å². The summed E-state index contributed by atoms with van der Waals surface area (Å²) in [5.74, 6) is 0.0237. The van der Waals surface area contributed by atoms with Crippen LogP contribution in [0.3, 0.4) is 0 Å². The maximum Gasteiger partial charge on any atom is 0.329 e. The number of aromatic nitrogens is 2. The minimum Gasteiger partial charge on any atom is -0.383 e. The smallest absolute Gasteiger partial charge is 0.329 e. The SMILES string of the molecule is CONc1c(N)n(C)c(=O)[nH]c1=O. The first-order valence-corrected chi connectivity index (χ1v) is 3.45. The Hall–Kier alpha value is -1.76. The van der Waals surface area contributed by atoms with Crippen LogP contribution in [0.4, 0.5) is 11.5 Å². The molecule has 1 aromatic heterocycles. The first-order valence-electron chi connectivity index (χ1n) is 3.45. The molecule has 0 aliphatic rings. The molecule has 0 aliphatic carbocycles. The lowest BCUT2D eigenvalue weighted by Gasteiger charge is -2.07. The Bertz CT molecular complexity index is 419. The van der Waals surface area contributed by atoms with Crippen molar-refractivity contribution >= 4 is 11.5 Å². The van der Waals surface area contributed by atoms with Gasteiger partial charge >= 0.3 is 5.69 Å². The number of rotatable bonds is 2. The molecular formula is C6H10N4O3. The van der Waals surface area contributed by atoms with E-state index in [1.807, 2.05) is 0 Å². The highest BCUT2D eigenvalue weighted by molar-refractivity contribution is 5.58. The third-order valence-electron chi connectivity index (χ3n) is 1.57. The first kappa shape index (κ1) is 9.33. The number of anilines is 2. The molecule has 72 valence electrons. The van der Waals surface area contributed by atoms with Crippen LogP contribution in [-0.2, 0) is 11.9 Å². The van der Waals surface area contributed by atoms with Gasteiger partial charge in [0.05, 0.1) is 7.11 Å². The summed E-state index contributed by atoms with van der Waals surface area (Å²) in [4.78, 5) is 28.7. The number of nitrogens with two attached hydrogens (primary N) is 1. The van der Waals surface area contributed by atoms with Gasteiger partial charge in [0.2, 0.25) is 0 Å². The van der Waals surface area contributed by atoms with E-state index in [2.05, 4.69) is 15.3 Å². The summed E-state index contributed by atoms with van der Waals surface area (Å²) in [6, 6.07) is 0. The van der Waals surface area contributed by atoms with Gasteiger partial charge in [-0.05, 0) is 0 Å². The van der Waals surface area contributed by atoms with Crippen molar-refractivity contribution in [1.82, 2.24) is 9.55 Å². The minimum atomic E-state index is -0.609. The van der Waals surface area contributed by atoms with Crippen molar-refractivity contribution in [3.8, 4) is 0 Å². The second-order valence-electron chi connectivity index (χ2n) is 2.38. The molecule has 0 bridgehead atoms. The molecular weight excluding hydrogens is 176 g/mol. The number of nitrogens with one attached hydrogen (secondary N) is 2. The van der Waals surface area contributed by atoms with Crippen molar-refractivity contribution in [2.75, 3.05) is 18.3 Å². The number of hydrogen-bond acceptors (Lipinski definition) is 5. The molecule has 0 radical (unpaired) electrons. The third-order valence-corrected chi connectivity index (χ3v) is 1.57. The zero-order valence-electron chi connectivity index (χ0n) is 7.25. The third kappa shape index (κ3) is 1.54. The van der Waals surface area contributed by atoms with Gasteiger partial charge in [-0.1, -0.05) is 0 Å². The molecule has 0 saturated carbocycles. The van der Waals surface area contributed by atoms with Crippen LogP contribution >= 0.6 is 0 Å². The Morgan fingerprint density at radius 2 is 2.15 bits per heavy atom. The molecule has 0 aliphatic heterocycles. The lowest BCUT2D eigenvalue weighted by molar-refractivity contribution is 0.270. The number of nitrogen functional groups attached to an aromatic ring is 1. The van der Waals surface area contributed by atoms with Crippen LogP contribution in [0.2, 0.25) is 0 Å². The summed E-state index contributed by atoms with van der Waals surface area (Å²) in [7, 11) is 2.78. The average molecular weight is 186 g/mol. The van der Waals surface area contributed by atoms with Gasteiger partial charge < -0.3 is 5.73 Å². The van der Waals surface area contributed by atoms with E-state index in [1.165, 1.54) is 14.2 Å². The molecule has 4 N–H and O–H groups in total.